The van der Waals surface area contributed by atoms with E-state index in [0.29, 0.717) is 6.42 Å². The summed E-state index contributed by atoms with van der Waals surface area (Å²) in [5.74, 6) is -0.828. The van der Waals surface area contributed by atoms with Crippen molar-refractivity contribution in [2.75, 3.05) is 7.11 Å². The highest BCUT2D eigenvalue weighted by atomic mass is 32.2. The molecule has 8 heteroatoms. The molecule has 0 amide bonds. The number of ether oxygens (including phenoxy) is 1. The Bertz CT molecular complexity index is 366. The van der Waals surface area contributed by atoms with Gasteiger partial charge in [-0.2, -0.15) is 0 Å². The van der Waals surface area contributed by atoms with E-state index in [-0.39, 0.29) is 4.99 Å². The third-order valence-electron chi connectivity index (χ3n) is 2.06. The van der Waals surface area contributed by atoms with Gasteiger partial charge in [0.1, 0.15) is 0 Å². The molecule has 0 aliphatic heterocycles. The second-order valence-electron chi connectivity index (χ2n) is 3.19. The number of rotatable bonds is 6. The number of carbonyl (C=O) groups excluding carboxylic acids is 1. The van der Waals surface area contributed by atoms with E-state index in [4.69, 9.17) is 18.0 Å². The van der Waals surface area contributed by atoms with Gasteiger partial charge >= 0.3 is 5.97 Å². The SMILES string of the molecule is CCC(NS(=O)(=O)C(C)C(=O)OC)C(N)=S. The molecule has 0 heterocycles. The quantitative estimate of drug-likeness (QED) is 0.499. The third kappa shape index (κ3) is 4.03. The van der Waals surface area contributed by atoms with Crippen LogP contribution >= 0.6 is 12.2 Å². The average Bonchev–Trinajstić information content (AvgIpc) is 2.23. The van der Waals surface area contributed by atoms with Crippen molar-refractivity contribution in [2.24, 2.45) is 5.73 Å². The molecule has 94 valence electrons. The number of hydrogen-bond acceptors (Lipinski definition) is 5. The van der Waals surface area contributed by atoms with Crippen LogP contribution in [0.2, 0.25) is 0 Å². The first-order chi connectivity index (χ1) is 7.26. The molecule has 16 heavy (non-hydrogen) atoms. The van der Waals surface area contributed by atoms with Crippen molar-refractivity contribution in [1.82, 2.24) is 4.72 Å². The summed E-state index contributed by atoms with van der Waals surface area (Å²) in [5.41, 5.74) is 5.35. The van der Waals surface area contributed by atoms with E-state index in [1.807, 2.05) is 0 Å². The van der Waals surface area contributed by atoms with Gasteiger partial charge < -0.3 is 10.5 Å². The molecule has 0 aliphatic carbocycles. The first kappa shape index (κ1) is 15.3. The van der Waals surface area contributed by atoms with Crippen LogP contribution < -0.4 is 10.5 Å². The van der Waals surface area contributed by atoms with Crippen molar-refractivity contribution in [2.45, 2.75) is 31.6 Å². The van der Waals surface area contributed by atoms with Crippen molar-refractivity contribution in [3.05, 3.63) is 0 Å². The number of nitrogens with two attached hydrogens (primary N) is 1. The molecule has 0 aromatic rings. The largest absolute Gasteiger partial charge is 0.468 e. The smallest absolute Gasteiger partial charge is 0.325 e. The molecule has 2 unspecified atom stereocenters. The van der Waals surface area contributed by atoms with Gasteiger partial charge in [-0.1, -0.05) is 19.1 Å². The highest BCUT2D eigenvalue weighted by Gasteiger charge is 2.31. The highest BCUT2D eigenvalue weighted by Crippen LogP contribution is 2.04. The molecule has 0 aromatic heterocycles. The summed E-state index contributed by atoms with van der Waals surface area (Å²) >= 11 is 4.70. The normalized spacial score (nSPS) is 15.2. The Morgan fingerprint density at radius 1 is 1.56 bits per heavy atom. The highest BCUT2D eigenvalue weighted by molar-refractivity contribution is 7.91. The molecule has 0 aromatic carbocycles. The van der Waals surface area contributed by atoms with E-state index in [2.05, 4.69) is 9.46 Å². The number of nitrogens with one attached hydrogen (secondary N) is 1. The maximum Gasteiger partial charge on any atom is 0.325 e. The van der Waals surface area contributed by atoms with Gasteiger partial charge in [-0.15, -0.1) is 0 Å². The van der Waals surface area contributed by atoms with Crippen LogP contribution in [0.15, 0.2) is 0 Å². The molecule has 6 nitrogen and oxygen atoms in total. The van der Waals surface area contributed by atoms with Gasteiger partial charge in [0.25, 0.3) is 0 Å². The lowest BCUT2D eigenvalue weighted by atomic mass is 10.2. The van der Waals surface area contributed by atoms with E-state index < -0.39 is 27.3 Å². The lowest BCUT2D eigenvalue weighted by Gasteiger charge is -2.18. The van der Waals surface area contributed by atoms with Gasteiger partial charge in [0.2, 0.25) is 10.0 Å². The molecule has 0 spiro atoms. The van der Waals surface area contributed by atoms with Gasteiger partial charge in [-0.25, -0.2) is 13.1 Å². The zero-order valence-electron chi connectivity index (χ0n) is 9.39. The molecule has 2 atom stereocenters. The van der Waals surface area contributed by atoms with Crippen LogP contribution in [0.25, 0.3) is 0 Å². The minimum Gasteiger partial charge on any atom is -0.468 e. The van der Waals surface area contributed by atoms with Crippen LogP contribution in [0, 0.1) is 0 Å². The predicted octanol–water partition coefficient (Wildman–Crippen LogP) is -0.468. The van der Waals surface area contributed by atoms with Crippen molar-refractivity contribution in [3.8, 4) is 0 Å². The summed E-state index contributed by atoms with van der Waals surface area (Å²) in [5, 5.41) is -1.29. The molecule has 0 fully saturated rings. The molecule has 0 aliphatic rings. The minimum absolute atomic E-state index is 0.0446. The zero-order valence-corrected chi connectivity index (χ0v) is 11.0. The zero-order chi connectivity index (χ0) is 12.9. The number of thiocarbonyl (C=S) groups is 1. The first-order valence-corrected chi connectivity index (χ1v) is 6.60. The van der Waals surface area contributed by atoms with E-state index in [1.54, 1.807) is 6.92 Å². The Balaban J connectivity index is 4.81. The van der Waals surface area contributed by atoms with Gasteiger partial charge in [-0.3, -0.25) is 4.79 Å². The lowest BCUT2D eigenvalue weighted by molar-refractivity contribution is -0.139. The fraction of sp³-hybridized carbons (Fsp3) is 0.750. The van der Waals surface area contributed by atoms with Gasteiger partial charge in [0.05, 0.1) is 18.1 Å². The van der Waals surface area contributed by atoms with Crippen LogP contribution in [-0.2, 0) is 19.6 Å². The summed E-state index contributed by atoms with van der Waals surface area (Å²) in [4.78, 5) is 11.1. The van der Waals surface area contributed by atoms with E-state index >= 15 is 0 Å². The molecule has 0 bridgehead atoms. The fourth-order valence-corrected chi connectivity index (χ4v) is 2.48. The summed E-state index contributed by atoms with van der Waals surface area (Å²) in [6.07, 6.45) is 0.419. The van der Waals surface area contributed by atoms with Crippen molar-refractivity contribution in [3.63, 3.8) is 0 Å². The van der Waals surface area contributed by atoms with Crippen molar-refractivity contribution >= 4 is 33.2 Å². The predicted molar refractivity (Wildman–Crippen MR) is 64.4 cm³/mol. The average molecular weight is 268 g/mol. The minimum atomic E-state index is -3.82. The van der Waals surface area contributed by atoms with Gasteiger partial charge in [-0.05, 0) is 13.3 Å². The third-order valence-corrected chi connectivity index (χ3v) is 4.08. The standard InChI is InChI=1S/C8H16N2O4S2/c1-4-6(7(9)15)10-16(12,13)5(2)8(11)14-3/h5-6,10H,4H2,1-3H3,(H2,9,15). The van der Waals surface area contributed by atoms with Gasteiger partial charge in [0.15, 0.2) is 5.25 Å². The Kier molecular flexibility index (Phi) is 5.84. The van der Waals surface area contributed by atoms with Crippen molar-refractivity contribution < 1.29 is 17.9 Å². The summed E-state index contributed by atoms with van der Waals surface area (Å²) in [6.45, 7) is 2.97. The topological polar surface area (TPSA) is 98.5 Å². The Labute approximate surface area is 101 Å². The number of esters is 1. The molecule has 0 saturated carbocycles. The monoisotopic (exact) mass is 268 g/mol. The molecule has 0 saturated heterocycles. The number of hydrogen-bond donors (Lipinski definition) is 2. The van der Waals surface area contributed by atoms with E-state index in [1.165, 1.54) is 6.92 Å². The molecular weight excluding hydrogens is 252 g/mol. The van der Waals surface area contributed by atoms with Crippen molar-refractivity contribution in [1.29, 1.82) is 0 Å². The summed E-state index contributed by atoms with van der Waals surface area (Å²) in [7, 11) is -2.70. The first-order valence-electron chi connectivity index (χ1n) is 4.64. The fourth-order valence-electron chi connectivity index (χ4n) is 0.936. The second kappa shape index (κ2) is 6.12. The molecule has 0 rings (SSSR count). The van der Waals surface area contributed by atoms with E-state index in [9.17, 15) is 13.2 Å². The van der Waals surface area contributed by atoms with Crippen LogP contribution in [0.1, 0.15) is 20.3 Å². The number of carbonyl (C=O) groups is 1. The van der Waals surface area contributed by atoms with Crippen LogP contribution in [0.4, 0.5) is 0 Å². The Morgan fingerprint density at radius 2 is 2.06 bits per heavy atom. The molecular formula is C8H16N2O4S2. The summed E-state index contributed by atoms with van der Waals surface area (Å²) in [6, 6.07) is -0.646. The molecule has 3 N–H and O–H groups in total. The Morgan fingerprint density at radius 3 is 2.38 bits per heavy atom. The number of methoxy groups -OCH3 is 1. The molecule has 0 radical (unpaired) electrons. The lowest BCUT2D eigenvalue weighted by Crippen LogP contribution is -2.48. The maximum atomic E-state index is 11.7. The van der Waals surface area contributed by atoms with Crippen LogP contribution in [0.5, 0.6) is 0 Å². The number of sulfonamides is 1. The maximum absolute atomic E-state index is 11.7. The van der Waals surface area contributed by atoms with E-state index in [0.717, 1.165) is 7.11 Å². The van der Waals surface area contributed by atoms with Crippen LogP contribution in [0.3, 0.4) is 0 Å². The van der Waals surface area contributed by atoms with Crippen LogP contribution in [-0.4, -0.2) is 37.8 Å². The summed E-state index contributed by atoms with van der Waals surface area (Å²) < 4.78 is 30.0. The second-order valence-corrected chi connectivity index (χ2v) is 5.70. The Hall–Kier alpha value is -0.730. The van der Waals surface area contributed by atoms with Gasteiger partial charge in [0, 0.05) is 0 Å².